The van der Waals surface area contributed by atoms with E-state index in [0.717, 1.165) is 31.2 Å². The van der Waals surface area contributed by atoms with E-state index in [4.69, 9.17) is 4.74 Å². The molecule has 30 heavy (non-hydrogen) atoms. The number of hydrogen-bond acceptors (Lipinski definition) is 7. The predicted octanol–water partition coefficient (Wildman–Crippen LogP) is 4.42. The molecule has 2 aromatic heterocycles. The fraction of sp³-hybridized carbons (Fsp3) is 0.333. The van der Waals surface area contributed by atoms with Crippen molar-refractivity contribution < 1.29 is 14.6 Å². The quantitative estimate of drug-likeness (QED) is 0.535. The number of carbonyl (C=O) groups excluding carboxylic acids is 1. The maximum Gasteiger partial charge on any atom is 0.333 e. The lowest BCUT2D eigenvalue weighted by Gasteiger charge is -2.29. The van der Waals surface area contributed by atoms with Gasteiger partial charge in [-0.3, -0.25) is 9.62 Å². The van der Waals surface area contributed by atoms with Gasteiger partial charge in [0.1, 0.15) is 5.52 Å². The molecule has 0 aliphatic heterocycles. The Morgan fingerprint density at radius 2 is 2.00 bits per heavy atom. The maximum atomic E-state index is 12.6. The number of pyridine rings is 1. The van der Waals surface area contributed by atoms with Crippen LogP contribution in [0.2, 0.25) is 0 Å². The summed E-state index contributed by atoms with van der Waals surface area (Å²) >= 11 is 4.39. The number of rotatable bonds is 4. The summed E-state index contributed by atoms with van der Waals surface area (Å²) in [5.74, 6) is 0.731. The van der Waals surface area contributed by atoms with E-state index in [1.807, 2.05) is 12.1 Å². The minimum Gasteiger partial charge on any atom is -0.504 e. The van der Waals surface area contributed by atoms with Crippen LogP contribution < -0.4 is 10.1 Å². The van der Waals surface area contributed by atoms with Crippen molar-refractivity contribution in [2.75, 3.05) is 12.4 Å². The SMILES string of the molecule is COc1cc(-c2ccc3ncc(NC(=O)N(S)C4CCCCC4)nc3n2)ccc1O. The molecule has 1 aliphatic carbocycles. The third-order valence-corrected chi connectivity index (χ3v) is 5.75. The fourth-order valence-electron chi connectivity index (χ4n) is 3.61. The zero-order chi connectivity index (χ0) is 21.1. The van der Waals surface area contributed by atoms with Gasteiger partial charge in [-0.1, -0.05) is 32.1 Å². The second-order valence-corrected chi connectivity index (χ2v) is 7.68. The van der Waals surface area contributed by atoms with Crippen LogP contribution in [0.15, 0.2) is 36.5 Å². The van der Waals surface area contributed by atoms with Crippen LogP contribution in [0.1, 0.15) is 32.1 Å². The number of carbonyl (C=O) groups is 1. The Labute approximate surface area is 179 Å². The predicted molar refractivity (Wildman–Crippen MR) is 118 cm³/mol. The monoisotopic (exact) mass is 425 g/mol. The summed E-state index contributed by atoms with van der Waals surface area (Å²) in [6, 6.07) is 8.43. The molecule has 3 aromatic rings. The van der Waals surface area contributed by atoms with Gasteiger partial charge >= 0.3 is 6.03 Å². The fourth-order valence-corrected chi connectivity index (χ4v) is 3.89. The number of nitrogens with zero attached hydrogens (tertiary/aromatic N) is 4. The molecule has 0 atom stereocenters. The van der Waals surface area contributed by atoms with Crippen LogP contribution in [0.25, 0.3) is 22.4 Å². The summed E-state index contributed by atoms with van der Waals surface area (Å²) < 4.78 is 6.62. The number of nitrogens with one attached hydrogen (secondary N) is 1. The van der Waals surface area contributed by atoms with E-state index in [9.17, 15) is 9.90 Å². The number of ether oxygens (including phenoxy) is 1. The molecule has 4 rings (SSSR count). The highest BCUT2D eigenvalue weighted by Crippen LogP contribution is 2.31. The van der Waals surface area contributed by atoms with Gasteiger partial charge in [0.15, 0.2) is 23.0 Å². The molecule has 0 unspecified atom stereocenters. The van der Waals surface area contributed by atoms with Gasteiger partial charge in [0.05, 0.1) is 19.0 Å². The number of methoxy groups -OCH3 is 1. The molecule has 2 N–H and O–H groups in total. The second kappa shape index (κ2) is 8.74. The smallest absolute Gasteiger partial charge is 0.333 e. The molecule has 1 fully saturated rings. The van der Waals surface area contributed by atoms with E-state index in [0.29, 0.717) is 28.4 Å². The Balaban J connectivity index is 1.56. The third-order valence-electron chi connectivity index (χ3n) is 5.25. The highest BCUT2D eigenvalue weighted by molar-refractivity contribution is 7.78. The van der Waals surface area contributed by atoms with Crippen molar-refractivity contribution in [3.8, 4) is 22.8 Å². The standard InChI is InChI=1S/C21H23N5O3S/c1-29-18-11-13(7-10-17(18)27)15-8-9-16-20(23-15)24-19(12-22-16)25-21(28)26(30)14-5-3-2-4-6-14/h7-12,14,27,30H,2-6H2,1H3,(H,23,24,25,28). The molecule has 1 aromatic carbocycles. The average molecular weight is 426 g/mol. The van der Waals surface area contributed by atoms with E-state index in [1.165, 1.54) is 24.0 Å². The molecular weight excluding hydrogens is 402 g/mol. The van der Waals surface area contributed by atoms with Crippen LogP contribution in [0.5, 0.6) is 11.5 Å². The van der Waals surface area contributed by atoms with Crippen molar-refractivity contribution in [1.29, 1.82) is 0 Å². The zero-order valence-electron chi connectivity index (χ0n) is 16.6. The first-order valence-electron chi connectivity index (χ1n) is 9.85. The van der Waals surface area contributed by atoms with E-state index < -0.39 is 0 Å². The van der Waals surface area contributed by atoms with Gasteiger partial charge in [0.25, 0.3) is 0 Å². The average Bonchev–Trinajstić information content (AvgIpc) is 2.79. The Morgan fingerprint density at radius 3 is 2.77 bits per heavy atom. The van der Waals surface area contributed by atoms with Gasteiger partial charge in [-0.05, 0) is 43.2 Å². The van der Waals surface area contributed by atoms with Crippen molar-refractivity contribution in [1.82, 2.24) is 19.3 Å². The van der Waals surface area contributed by atoms with Crippen LogP contribution in [-0.4, -0.2) is 43.5 Å². The largest absolute Gasteiger partial charge is 0.504 e. The summed E-state index contributed by atoms with van der Waals surface area (Å²) in [7, 11) is 1.49. The van der Waals surface area contributed by atoms with Crippen molar-refractivity contribution in [2.24, 2.45) is 0 Å². The number of aromatic hydroxyl groups is 1. The summed E-state index contributed by atoms with van der Waals surface area (Å²) in [5.41, 5.74) is 2.43. The number of phenolic OH excluding ortho intramolecular Hbond substituents is 1. The first kappa shape index (κ1) is 20.2. The highest BCUT2D eigenvalue weighted by Gasteiger charge is 2.23. The summed E-state index contributed by atoms with van der Waals surface area (Å²) in [4.78, 5) is 25.9. The first-order valence-corrected chi connectivity index (χ1v) is 10.3. The Bertz CT molecular complexity index is 1070. The van der Waals surface area contributed by atoms with Crippen LogP contribution in [0.4, 0.5) is 10.6 Å². The van der Waals surface area contributed by atoms with E-state index in [2.05, 4.69) is 33.1 Å². The van der Waals surface area contributed by atoms with Gasteiger partial charge < -0.3 is 9.84 Å². The van der Waals surface area contributed by atoms with Gasteiger partial charge in [-0.25, -0.2) is 19.7 Å². The normalized spacial score (nSPS) is 14.5. The summed E-state index contributed by atoms with van der Waals surface area (Å²) in [6.07, 6.45) is 6.85. The van der Waals surface area contributed by atoms with E-state index >= 15 is 0 Å². The van der Waals surface area contributed by atoms with Crippen molar-refractivity contribution in [2.45, 2.75) is 38.1 Å². The van der Waals surface area contributed by atoms with Crippen molar-refractivity contribution >= 4 is 35.8 Å². The molecule has 2 heterocycles. The lowest BCUT2D eigenvalue weighted by Crippen LogP contribution is -2.37. The van der Waals surface area contributed by atoms with E-state index in [-0.39, 0.29) is 17.8 Å². The number of benzene rings is 1. The number of urea groups is 1. The van der Waals surface area contributed by atoms with Gasteiger partial charge in [0.2, 0.25) is 0 Å². The minimum absolute atomic E-state index is 0.0566. The number of thiol groups is 1. The van der Waals surface area contributed by atoms with Gasteiger partial charge in [-0.2, -0.15) is 0 Å². The molecule has 2 amide bonds. The maximum absolute atomic E-state index is 12.6. The third kappa shape index (κ3) is 4.25. The summed E-state index contributed by atoms with van der Waals surface area (Å²) in [6.45, 7) is 0. The molecule has 8 nitrogen and oxygen atoms in total. The number of phenols is 1. The lowest BCUT2D eigenvalue weighted by molar-refractivity contribution is 0.218. The van der Waals surface area contributed by atoms with Crippen molar-refractivity contribution in [3.05, 3.63) is 36.5 Å². The molecular formula is C21H23N5O3S. The first-order chi connectivity index (χ1) is 14.5. The highest BCUT2D eigenvalue weighted by atomic mass is 32.1. The minimum atomic E-state index is -0.321. The zero-order valence-corrected chi connectivity index (χ0v) is 17.5. The number of amides is 2. The lowest BCUT2D eigenvalue weighted by atomic mass is 9.96. The van der Waals surface area contributed by atoms with Crippen LogP contribution in [-0.2, 0) is 0 Å². The summed E-state index contributed by atoms with van der Waals surface area (Å²) in [5, 5.41) is 12.6. The van der Waals surface area contributed by atoms with Crippen LogP contribution in [0, 0.1) is 0 Å². The van der Waals surface area contributed by atoms with Crippen LogP contribution in [0.3, 0.4) is 0 Å². The van der Waals surface area contributed by atoms with Crippen molar-refractivity contribution in [3.63, 3.8) is 0 Å². The molecule has 0 bridgehead atoms. The Morgan fingerprint density at radius 1 is 1.20 bits per heavy atom. The van der Waals surface area contributed by atoms with Gasteiger partial charge in [-0.15, -0.1) is 0 Å². The molecule has 156 valence electrons. The topological polar surface area (TPSA) is 100 Å². The van der Waals surface area contributed by atoms with Gasteiger partial charge in [0, 0.05) is 11.6 Å². The second-order valence-electron chi connectivity index (χ2n) is 7.25. The van der Waals surface area contributed by atoms with Crippen LogP contribution >= 0.6 is 12.8 Å². The molecule has 0 radical (unpaired) electrons. The Hall–Kier alpha value is -3.07. The molecule has 0 spiro atoms. The number of hydrogen-bond donors (Lipinski definition) is 3. The van der Waals surface area contributed by atoms with E-state index in [1.54, 1.807) is 18.2 Å². The molecule has 0 saturated heterocycles. The molecule has 1 saturated carbocycles. The molecule has 9 heteroatoms. The molecule has 1 aliphatic rings. The Kier molecular flexibility index (Phi) is 5.89. The number of anilines is 1. The number of fused-ring (bicyclic) bond motifs is 1. The number of aromatic nitrogens is 3.